The van der Waals surface area contributed by atoms with Crippen molar-refractivity contribution >= 4 is 34.4 Å². The fourth-order valence-electron chi connectivity index (χ4n) is 1.89. The van der Waals surface area contributed by atoms with Crippen LogP contribution in [0.25, 0.3) is 0 Å². The first kappa shape index (κ1) is 15.6. The molecule has 0 radical (unpaired) electrons. The summed E-state index contributed by atoms with van der Waals surface area (Å²) in [5.74, 6) is 0.785. The van der Waals surface area contributed by atoms with E-state index in [9.17, 15) is 0 Å². The highest BCUT2D eigenvalue weighted by atomic mass is 79.9. The summed E-state index contributed by atoms with van der Waals surface area (Å²) in [6, 6.07) is 15.7. The summed E-state index contributed by atoms with van der Waals surface area (Å²) in [6.07, 6.45) is 3.23. The van der Waals surface area contributed by atoms with Gasteiger partial charge in [0.25, 0.3) is 0 Å². The van der Waals surface area contributed by atoms with E-state index in [1.54, 1.807) is 6.21 Å². The normalized spacial score (nSPS) is 11.0. The molecule has 116 valence electrons. The van der Waals surface area contributed by atoms with Crippen molar-refractivity contribution in [3.8, 4) is 5.75 Å². The van der Waals surface area contributed by atoms with Crippen molar-refractivity contribution in [2.24, 2.45) is 5.10 Å². The second-order valence-electron chi connectivity index (χ2n) is 4.74. The Kier molecular flexibility index (Phi) is 4.99. The van der Waals surface area contributed by atoms with Crippen LogP contribution in [-0.2, 0) is 6.61 Å². The molecule has 5 nitrogen and oxygen atoms in total. The number of H-pyrrole nitrogens is 1. The van der Waals surface area contributed by atoms with Gasteiger partial charge >= 0.3 is 0 Å². The second kappa shape index (κ2) is 7.34. The molecule has 0 amide bonds. The summed E-state index contributed by atoms with van der Waals surface area (Å²) in [7, 11) is 0. The molecule has 1 aromatic heterocycles. The Morgan fingerprint density at radius 3 is 2.83 bits per heavy atom. The van der Waals surface area contributed by atoms with E-state index in [0.29, 0.717) is 11.4 Å². The zero-order valence-electron chi connectivity index (χ0n) is 12.0. The lowest BCUT2D eigenvalue weighted by Crippen LogP contribution is -1.96. The van der Waals surface area contributed by atoms with Gasteiger partial charge in [0, 0.05) is 4.47 Å². The lowest BCUT2D eigenvalue weighted by molar-refractivity contribution is 0.306. The van der Waals surface area contributed by atoms with Crippen LogP contribution in [0.2, 0.25) is 0 Å². The number of rotatable bonds is 5. The number of ether oxygens (including phenoxy) is 1. The molecule has 0 saturated carbocycles. The predicted octanol–water partition coefficient (Wildman–Crippen LogP) is 4.16. The third kappa shape index (κ3) is 4.37. The number of aromatic amines is 1. The van der Waals surface area contributed by atoms with E-state index in [1.807, 2.05) is 48.5 Å². The largest absolute Gasteiger partial charge is 0.489 e. The predicted molar refractivity (Wildman–Crippen MR) is 95.3 cm³/mol. The molecule has 3 rings (SSSR count). The van der Waals surface area contributed by atoms with Crippen LogP contribution in [-0.4, -0.2) is 21.1 Å². The Bertz CT molecular complexity index is 870. The van der Waals surface area contributed by atoms with Crippen LogP contribution in [0.3, 0.4) is 0 Å². The summed E-state index contributed by atoms with van der Waals surface area (Å²) in [6.45, 7) is 0.515. The molecule has 0 aliphatic rings. The van der Waals surface area contributed by atoms with Crippen LogP contribution in [0, 0.1) is 4.77 Å². The molecule has 3 aromatic rings. The minimum absolute atomic E-state index is 0.448. The Morgan fingerprint density at radius 1 is 1.26 bits per heavy atom. The molecule has 7 heteroatoms. The number of halogens is 1. The first-order chi connectivity index (χ1) is 11.2. The fourth-order valence-corrected chi connectivity index (χ4v) is 2.30. The molecule has 1 heterocycles. The molecule has 0 bridgehead atoms. The van der Waals surface area contributed by atoms with E-state index in [2.05, 4.69) is 31.2 Å². The average molecular weight is 389 g/mol. The molecular weight excluding hydrogens is 376 g/mol. The molecular formula is C16H13BrN4OS. The number of aromatic nitrogens is 3. The van der Waals surface area contributed by atoms with Gasteiger partial charge in [0.1, 0.15) is 18.7 Å². The van der Waals surface area contributed by atoms with Gasteiger partial charge in [-0.2, -0.15) is 14.9 Å². The summed E-state index contributed by atoms with van der Waals surface area (Å²) >= 11 is 8.45. The van der Waals surface area contributed by atoms with E-state index in [4.69, 9.17) is 17.0 Å². The number of nitrogens with zero attached hydrogens (tertiary/aromatic N) is 3. The summed E-state index contributed by atoms with van der Waals surface area (Å²) < 4.78 is 8.80. The van der Waals surface area contributed by atoms with Crippen molar-refractivity contribution in [2.75, 3.05) is 0 Å². The van der Waals surface area contributed by atoms with Crippen LogP contribution in [0.4, 0.5) is 0 Å². The van der Waals surface area contributed by atoms with Crippen molar-refractivity contribution in [1.29, 1.82) is 0 Å². The van der Waals surface area contributed by atoms with Gasteiger partial charge in [-0.1, -0.05) is 40.2 Å². The van der Waals surface area contributed by atoms with Crippen molar-refractivity contribution in [3.63, 3.8) is 0 Å². The monoisotopic (exact) mass is 388 g/mol. The molecule has 23 heavy (non-hydrogen) atoms. The highest BCUT2D eigenvalue weighted by molar-refractivity contribution is 9.10. The quantitative estimate of drug-likeness (QED) is 0.527. The average Bonchev–Trinajstić information content (AvgIpc) is 2.98. The number of nitrogens with one attached hydrogen (secondary N) is 1. The van der Waals surface area contributed by atoms with Gasteiger partial charge in [-0.25, -0.2) is 0 Å². The first-order valence-electron chi connectivity index (χ1n) is 6.84. The zero-order chi connectivity index (χ0) is 16.1. The number of hydrogen-bond acceptors (Lipinski definition) is 4. The Labute approximate surface area is 146 Å². The Hall–Kier alpha value is -2.25. The maximum absolute atomic E-state index is 5.81. The number of benzene rings is 2. The third-order valence-electron chi connectivity index (χ3n) is 3.04. The molecule has 0 fully saturated rings. The van der Waals surface area contributed by atoms with Gasteiger partial charge in [0.05, 0.1) is 6.21 Å². The summed E-state index contributed by atoms with van der Waals surface area (Å²) in [4.78, 5) is 0. The topological polar surface area (TPSA) is 55.2 Å². The Balaban J connectivity index is 1.67. The Morgan fingerprint density at radius 2 is 2.09 bits per heavy atom. The zero-order valence-corrected chi connectivity index (χ0v) is 14.4. The molecule has 0 saturated heterocycles. The minimum Gasteiger partial charge on any atom is -0.489 e. The third-order valence-corrected chi connectivity index (χ3v) is 3.85. The van der Waals surface area contributed by atoms with Crippen molar-refractivity contribution in [3.05, 3.63) is 75.2 Å². The first-order valence-corrected chi connectivity index (χ1v) is 8.04. The molecule has 2 aromatic carbocycles. The van der Waals surface area contributed by atoms with Crippen LogP contribution >= 0.6 is 28.1 Å². The molecule has 1 N–H and O–H groups in total. The van der Waals surface area contributed by atoms with Crippen molar-refractivity contribution in [1.82, 2.24) is 14.9 Å². The van der Waals surface area contributed by atoms with Gasteiger partial charge in [-0.15, -0.1) is 0 Å². The van der Waals surface area contributed by atoms with Crippen molar-refractivity contribution in [2.45, 2.75) is 6.61 Å². The van der Waals surface area contributed by atoms with Crippen LogP contribution in [0.5, 0.6) is 5.75 Å². The van der Waals surface area contributed by atoms with Crippen LogP contribution < -0.4 is 4.74 Å². The fraction of sp³-hybridized carbons (Fsp3) is 0.0625. The van der Waals surface area contributed by atoms with Gasteiger partial charge < -0.3 is 4.74 Å². The van der Waals surface area contributed by atoms with E-state index >= 15 is 0 Å². The SMILES string of the molecule is S=c1[nH]ncn1/N=C/c1cccc(OCc2ccc(Br)cc2)c1. The van der Waals surface area contributed by atoms with Crippen LogP contribution in [0.15, 0.2) is 64.4 Å². The smallest absolute Gasteiger partial charge is 0.216 e. The standard InChI is InChI=1S/C16H13BrN4OS/c17-14-6-4-12(5-7-14)10-22-15-3-1-2-13(8-15)9-19-21-11-18-20-16(21)23/h1-9,11H,10H2,(H,20,23)/b19-9+. The van der Waals surface area contributed by atoms with E-state index < -0.39 is 0 Å². The van der Waals surface area contributed by atoms with Gasteiger partial charge in [-0.05, 0) is 47.6 Å². The van der Waals surface area contributed by atoms with Gasteiger partial charge in [-0.3, -0.25) is 5.10 Å². The van der Waals surface area contributed by atoms with E-state index in [1.165, 1.54) is 11.0 Å². The molecule has 0 aliphatic heterocycles. The van der Waals surface area contributed by atoms with E-state index in [-0.39, 0.29) is 0 Å². The molecule has 0 spiro atoms. The van der Waals surface area contributed by atoms with Gasteiger partial charge in [0.2, 0.25) is 4.77 Å². The van der Waals surface area contributed by atoms with E-state index in [0.717, 1.165) is 21.3 Å². The van der Waals surface area contributed by atoms with Crippen LogP contribution in [0.1, 0.15) is 11.1 Å². The highest BCUT2D eigenvalue weighted by Crippen LogP contribution is 2.16. The highest BCUT2D eigenvalue weighted by Gasteiger charge is 1.98. The summed E-state index contributed by atoms with van der Waals surface area (Å²) in [5, 5.41) is 10.7. The second-order valence-corrected chi connectivity index (χ2v) is 6.04. The molecule has 0 unspecified atom stereocenters. The maximum Gasteiger partial charge on any atom is 0.216 e. The lowest BCUT2D eigenvalue weighted by Gasteiger charge is -2.07. The number of hydrogen-bond donors (Lipinski definition) is 1. The minimum atomic E-state index is 0.448. The molecule has 0 atom stereocenters. The summed E-state index contributed by atoms with van der Waals surface area (Å²) in [5.41, 5.74) is 2.03. The van der Waals surface area contributed by atoms with Gasteiger partial charge in [0.15, 0.2) is 0 Å². The maximum atomic E-state index is 5.81. The lowest BCUT2D eigenvalue weighted by atomic mass is 10.2. The van der Waals surface area contributed by atoms with Crippen molar-refractivity contribution < 1.29 is 4.74 Å². The molecule has 0 aliphatic carbocycles.